The first-order valence-electron chi connectivity index (χ1n) is 7.57. The van der Waals surface area contributed by atoms with Crippen LogP contribution in [0.25, 0.3) is 16.8 Å². The highest BCUT2D eigenvalue weighted by atomic mass is 19.4. The van der Waals surface area contributed by atoms with Crippen LogP contribution in [0, 0.1) is 11.8 Å². The van der Waals surface area contributed by atoms with Gasteiger partial charge in [0.15, 0.2) is 5.65 Å². The van der Waals surface area contributed by atoms with Crippen LogP contribution < -0.4 is 4.74 Å². The number of rotatable bonds is 2. The summed E-state index contributed by atoms with van der Waals surface area (Å²) in [5, 5.41) is 17.7. The lowest BCUT2D eigenvalue weighted by molar-refractivity contribution is -0.274. The van der Waals surface area contributed by atoms with Crippen molar-refractivity contribution in [3.63, 3.8) is 0 Å². The molecule has 1 N–H and O–H groups in total. The van der Waals surface area contributed by atoms with E-state index in [1.54, 1.807) is 36.6 Å². The summed E-state index contributed by atoms with van der Waals surface area (Å²) < 4.78 is 42.2. The van der Waals surface area contributed by atoms with Crippen LogP contribution in [0.2, 0.25) is 0 Å². The topological polar surface area (TPSA) is 59.7 Å². The molecule has 0 fully saturated rings. The monoisotopic (exact) mass is 361 g/mol. The zero-order valence-corrected chi connectivity index (χ0v) is 13.9. The van der Waals surface area contributed by atoms with Gasteiger partial charge in [-0.3, -0.25) is 4.40 Å². The first-order chi connectivity index (χ1) is 12.1. The van der Waals surface area contributed by atoms with Gasteiger partial charge in [0.05, 0.1) is 0 Å². The number of nitrogens with zero attached hydrogens (tertiary/aromatic N) is 3. The summed E-state index contributed by atoms with van der Waals surface area (Å²) >= 11 is 0. The Morgan fingerprint density at radius 3 is 2.27 bits per heavy atom. The lowest BCUT2D eigenvalue weighted by atomic mass is 10.1. The zero-order chi connectivity index (χ0) is 18.9. The Hall–Kier alpha value is -3.05. The number of pyridine rings is 1. The minimum absolute atomic E-state index is 0.289. The fourth-order valence-electron chi connectivity index (χ4n) is 2.20. The Bertz CT molecular complexity index is 991. The second-order valence-corrected chi connectivity index (χ2v) is 6.05. The summed E-state index contributed by atoms with van der Waals surface area (Å²) in [5.74, 6) is 5.49. The number of hydrogen-bond acceptors (Lipinski definition) is 4. The van der Waals surface area contributed by atoms with Gasteiger partial charge in [-0.25, -0.2) is 0 Å². The molecule has 0 saturated heterocycles. The molecule has 0 saturated carbocycles. The molecule has 26 heavy (non-hydrogen) atoms. The summed E-state index contributed by atoms with van der Waals surface area (Å²) in [6.07, 6.45) is -3.00. The van der Waals surface area contributed by atoms with Crippen molar-refractivity contribution >= 4 is 5.65 Å². The SMILES string of the molecule is CC(C)(O)C#Cc1nnc2ccc(-c3ccc(OC(F)(F)F)cc3)cn12. The van der Waals surface area contributed by atoms with Gasteiger partial charge in [-0.05, 0) is 55.2 Å². The summed E-state index contributed by atoms with van der Waals surface area (Å²) in [7, 11) is 0. The summed E-state index contributed by atoms with van der Waals surface area (Å²) in [5.41, 5.74) is 0.821. The molecule has 3 aromatic rings. The molecule has 0 unspecified atom stereocenters. The predicted octanol–water partition coefficient (Wildman–Crippen LogP) is 3.42. The van der Waals surface area contributed by atoms with E-state index >= 15 is 0 Å². The second kappa shape index (κ2) is 6.35. The van der Waals surface area contributed by atoms with Crippen molar-refractivity contribution in [1.29, 1.82) is 0 Å². The van der Waals surface area contributed by atoms with E-state index in [0.717, 1.165) is 5.56 Å². The summed E-state index contributed by atoms with van der Waals surface area (Å²) in [4.78, 5) is 0. The van der Waals surface area contributed by atoms with Gasteiger partial charge >= 0.3 is 6.36 Å². The predicted molar refractivity (Wildman–Crippen MR) is 88.3 cm³/mol. The molecule has 0 bridgehead atoms. The lowest BCUT2D eigenvalue weighted by Crippen LogP contribution is -2.16. The van der Waals surface area contributed by atoms with Crippen LogP contribution >= 0.6 is 0 Å². The molecule has 0 aliphatic heterocycles. The van der Waals surface area contributed by atoms with Gasteiger partial charge in [0.2, 0.25) is 5.82 Å². The number of fused-ring (bicyclic) bond motifs is 1. The Morgan fingerprint density at radius 1 is 1.00 bits per heavy atom. The van der Waals surface area contributed by atoms with Crippen molar-refractivity contribution in [2.75, 3.05) is 0 Å². The van der Waals surface area contributed by atoms with Crippen molar-refractivity contribution in [3.05, 3.63) is 48.4 Å². The highest BCUT2D eigenvalue weighted by Gasteiger charge is 2.30. The smallest absolute Gasteiger partial charge is 0.406 e. The van der Waals surface area contributed by atoms with Crippen LogP contribution in [0.15, 0.2) is 42.6 Å². The fraction of sp³-hybridized carbons (Fsp3) is 0.222. The van der Waals surface area contributed by atoms with Crippen molar-refractivity contribution in [2.24, 2.45) is 0 Å². The molecule has 0 amide bonds. The molecule has 8 heteroatoms. The number of aromatic nitrogens is 3. The van der Waals surface area contributed by atoms with Gasteiger partial charge in [0, 0.05) is 6.20 Å². The van der Waals surface area contributed by atoms with E-state index in [9.17, 15) is 18.3 Å². The van der Waals surface area contributed by atoms with E-state index in [1.165, 1.54) is 24.3 Å². The van der Waals surface area contributed by atoms with Gasteiger partial charge in [0.25, 0.3) is 0 Å². The van der Waals surface area contributed by atoms with Gasteiger partial charge < -0.3 is 9.84 Å². The van der Waals surface area contributed by atoms with Crippen molar-refractivity contribution < 1.29 is 23.0 Å². The first-order valence-corrected chi connectivity index (χ1v) is 7.57. The molecule has 0 spiro atoms. The first kappa shape index (κ1) is 17.8. The van der Waals surface area contributed by atoms with Crippen LogP contribution in [0.1, 0.15) is 19.7 Å². The van der Waals surface area contributed by atoms with Crippen molar-refractivity contribution in [1.82, 2.24) is 14.6 Å². The van der Waals surface area contributed by atoms with Crippen LogP contribution in [0.4, 0.5) is 13.2 Å². The maximum Gasteiger partial charge on any atom is 0.573 e. The number of hydrogen-bond donors (Lipinski definition) is 1. The van der Waals surface area contributed by atoms with Crippen molar-refractivity contribution in [2.45, 2.75) is 25.8 Å². The Balaban J connectivity index is 1.94. The molecule has 0 aliphatic carbocycles. The maximum absolute atomic E-state index is 12.2. The number of alkyl halides is 3. The number of halogens is 3. The Labute approximate surface area is 147 Å². The van der Waals surface area contributed by atoms with Gasteiger partial charge in [0.1, 0.15) is 11.4 Å². The standard InChI is InChI=1S/C18H14F3N3O2/c1-17(2,25)10-9-16-23-22-15-8-5-13(11-24(15)16)12-3-6-14(7-4-12)26-18(19,20)21/h3-8,11,25H,1-2H3. The third-order valence-electron chi connectivity index (χ3n) is 3.30. The van der Waals surface area contributed by atoms with E-state index in [1.807, 2.05) is 0 Å². The molecule has 2 heterocycles. The zero-order valence-electron chi connectivity index (χ0n) is 13.9. The van der Waals surface area contributed by atoms with E-state index in [2.05, 4.69) is 26.8 Å². The maximum atomic E-state index is 12.2. The molecule has 134 valence electrons. The quantitative estimate of drug-likeness (QED) is 0.711. The summed E-state index contributed by atoms with van der Waals surface area (Å²) in [6.45, 7) is 3.11. The van der Waals surface area contributed by atoms with Crippen LogP contribution in [0.3, 0.4) is 0 Å². The van der Waals surface area contributed by atoms with Gasteiger partial charge in [-0.1, -0.05) is 18.1 Å². The Kier molecular flexibility index (Phi) is 4.34. The number of benzene rings is 1. The number of aliphatic hydroxyl groups is 1. The van der Waals surface area contributed by atoms with Crippen LogP contribution in [-0.4, -0.2) is 31.7 Å². The third-order valence-corrected chi connectivity index (χ3v) is 3.30. The molecule has 0 atom stereocenters. The normalized spacial score (nSPS) is 11.9. The van der Waals surface area contributed by atoms with Gasteiger partial charge in [-0.15, -0.1) is 23.4 Å². The van der Waals surface area contributed by atoms with Crippen molar-refractivity contribution in [3.8, 4) is 28.7 Å². The molecule has 1 aromatic carbocycles. The molecule has 0 aliphatic rings. The van der Waals surface area contributed by atoms with Crippen LogP contribution in [0.5, 0.6) is 5.75 Å². The lowest BCUT2D eigenvalue weighted by Gasteiger charge is -2.09. The number of ether oxygens (including phenoxy) is 1. The minimum atomic E-state index is -4.73. The van der Waals surface area contributed by atoms with E-state index in [4.69, 9.17) is 0 Å². The third kappa shape index (κ3) is 4.32. The molecule has 0 radical (unpaired) electrons. The molecule has 2 aromatic heterocycles. The highest BCUT2D eigenvalue weighted by molar-refractivity contribution is 5.65. The molecular formula is C18H14F3N3O2. The van der Waals surface area contributed by atoms with E-state index in [0.29, 0.717) is 17.0 Å². The molecule has 3 rings (SSSR count). The average Bonchev–Trinajstić information content (AvgIpc) is 2.94. The van der Waals surface area contributed by atoms with E-state index < -0.39 is 12.0 Å². The second-order valence-electron chi connectivity index (χ2n) is 6.05. The molecular weight excluding hydrogens is 347 g/mol. The Morgan fingerprint density at radius 2 is 1.65 bits per heavy atom. The van der Waals surface area contributed by atoms with Crippen LogP contribution in [-0.2, 0) is 0 Å². The highest BCUT2D eigenvalue weighted by Crippen LogP contribution is 2.26. The summed E-state index contributed by atoms with van der Waals surface area (Å²) in [6, 6.07) is 9.03. The molecule has 5 nitrogen and oxygen atoms in total. The average molecular weight is 361 g/mol. The largest absolute Gasteiger partial charge is 0.573 e. The van der Waals surface area contributed by atoms with E-state index in [-0.39, 0.29) is 5.75 Å². The van der Waals surface area contributed by atoms with Gasteiger partial charge in [-0.2, -0.15) is 0 Å². The minimum Gasteiger partial charge on any atom is -0.406 e. The fourth-order valence-corrected chi connectivity index (χ4v) is 2.20.